The zero-order valence-corrected chi connectivity index (χ0v) is 12.3. The minimum absolute atomic E-state index is 0.192. The van der Waals surface area contributed by atoms with E-state index in [0.717, 1.165) is 15.6 Å². The van der Waals surface area contributed by atoms with Crippen LogP contribution in [0.1, 0.15) is 20.8 Å². The minimum atomic E-state index is -0.998. The van der Waals surface area contributed by atoms with Crippen LogP contribution >= 0.6 is 11.3 Å². The highest BCUT2D eigenvalue weighted by Gasteiger charge is 2.19. The van der Waals surface area contributed by atoms with Gasteiger partial charge in [-0.3, -0.25) is 0 Å². The Morgan fingerprint density at radius 2 is 2.05 bits per heavy atom. The number of nitrogens with zero attached hydrogens (tertiary/aromatic N) is 1. The minimum Gasteiger partial charge on any atom is -0.486 e. The molecule has 2 aromatic carbocycles. The Bertz CT molecular complexity index is 892. The van der Waals surface area contributed by atoms with E-state index in [1.54, 1.807) is 18.2 Å². The zero-order chi connectivity index (χ0) is 15.5. The van der Waals surface area contributed by atoms with Gasteiger partial charge in [-0.25, -0.2) is 4.79 Å². The number of carboxylic acid groups (broad SMARTS) is 1. The number of benzene rings is 2. The third-order valence-electron chi connectivity index (χ3n) is 3.18. The molecule has 0 radical (unpaired) electrons. The lowest BCUT2D eigenvalue weighted by atomic mass is 10.1. The number of rotatable bonds is 4. The van der Waals surface area contributed by atoms with Crippen LogP contribution in [0.15, 0.2) is 48.5 Å². The van der Waals surface area contributed by atoms with E-state index in [9.17, 15) is 9.90 Å². The summed E-state index contributed by atoms with van der Waals surface area (Å²) in [6, 6.07) is 16.6. The Kier molecular flexibility index (Phi) is 3.77. The Hall–Kier alpha value is -2.84. The molecule has 0 aliphatic heterocycles. The van der Waals surface area contributed by atoms with Crippen molar-refractivity contribution in [2.45, 2.75) is 6.61 Å². The van der Waals surface area contributed by atoms with Crippen LogP contribution in [0.2, 0.25) is 0 Å². The van der Waals surface area contributed by atoms with Gasteiger partial charge in [-0.05, 0) is 29.8 Å². The number of hydrogen-bond donors (Lipinski definition) is 1. The van der Waals surface area contributed by atoms with E-state index in [-0.39, 0.29) is 11.5 Å². The molecule has 0 fully saturated rings. The maximum atomic E-state index is 11.4. The summed E-state index contributed by atoms with van der Waals surface area (Å²) < 4.78 is 6.63. The van der Waals surface area contributed by atoms with Crippen LogP contribution in [0, 0.1) is 11.3 Å². The molecular formula is C17H11NO3S. The summed E-state index contributed by atoms with van der Waals surface area (Å²) >= 11 is 1.20. The van der Waals surface area contributed by atoms with E-state index in [2.05, 4.69) is 6.07 Å². The van der Waals surface area contributed by atoms with Crippen LogP contribution in [0.4, 0.5) is 0 Å². The molecule has 0 saturated heterocycles. The molecule has 0 saturated carbocycles. The van der Waals surface area contributed by atoms with Crippen molar-refractivity contribution < 1.29 is 14.6 Å². The molecule has 4 nitrogen and oxygen atoms in total. The molecule has 22 heavy (non-hydrogen) atoms. The lowest BCUT2D eigenvalue weighted by Gasteiger charge is -2.07. The maximum Gasteiger partial charge on any atom is 0.349 e. The number of fused-ring (bicyclic) bond motifs is 1. The Labute approximate surface area is 130 Å². The van der Waals surface area contributed by atoms with Crippen molar-refractivity contribution in [2.75, 3.05) is 0 Å². The summed E-state index contributed by atoms with van der Waals surface area (Å²) in [5.41, 5.74) is 1.38. The van der Waals surface area contributed by atoms with Gasteiger partial charge in [0.1, 0.15) is 6.61 Å². The lowest BCUT2D eigenvalue weighted by molar-refractivity contribution is 0.0698. The third kappa shape index (κ3) is 2.65. The molecular weight excluding hydrogens is 298 g/mol. The highest BCUT2D eigenvalue weighted by Crippen LogP contribution is 2.38. The Balaban J connectivity index is 1.94. The predicted octanol–water partition coefficient (Wildman–Crippen LogP) is 4.05. The highest BCUT2D eigenvalue weighted by molar-refractivity contribution is 7.21. The monoisotopic (exact) mass is 309 g/mol. The van der Waals surface area contributed by atoms with Crippen molar-refractivity contribution in [3.63, 3.8) is 0 Å². The fourth-order valence-corrected chi connectivity index (χ4v) is 3.18. The van der Waals surface area contributed by atoms with Gasteiger partial charge in [-0.1, -0.05) is 24.3 Å². The Morgan fingerprint density at radius 1 is 1.23 bits per heavy atom. The molecule has 0 atom stereocenters. The molecule has 1 aromatic heterocycles. The molecule has 0 aliphatic rings. The molecule has 0 bridgehead atoms. The molecule has 0 spiro atoms. The number of carboxylic acids is 1. The first-order valence-corrected chi connectivity index (χ1v) is 7.37. The van der Waals surface area contributed by atoms with Crippen molar-refractivity contribution in [2.24, 2.45) is 0 Å². The van der Waals surface area contributed by atoms with Gasteiger partial charge in [0, 0.05) is 10.1 Å². The van der Waals surface area contributed by atoms with Gasteiger partial charge in [-0.15, -0.1) is 11.3 Å². The van der Waals surface area contributed by atoms with Gasteiger partial charge in [-0.2, -0.15) is 5.26 Å². The first-order chi connectivity index (χ1) is 10.7. The second kappa shape index (κ2) is 5.88. The van der Waals surface area contributed by atoms with Crippen LogP contribution in [0.3, 0.4) is 0 Å². The molecule has 1 heterocycles. The van der Waals surface area contributed by atoms with Gasteiger partial charge in [0.15, 0.2) is 10.6 Å². The summed E-state index contributed by atoms with van der Waals surface area (Å²) in [7, 11) is 0. The van der Waals surface area contributed by atoms with E-state index in [0.29, 0.717) is 11.3 Å². The quantitative estimate of drug-likeness (QED) is 0.789. The maximum absolute atomic E-state index is 11.4. The fraction of sp³-hybridized carbons (Fsp3) is 0.0588. The third-order valence-corrected chi connectivity index (χ3v) is 4.32. The van der Waals surface area contributed by atoms with E-state index in [4.69, 9.17) is 10.00 Å². The van der Waals surface area contributed by atoms with E-state index in [1.165, 1.54) is 11.3 Å². The summed E-state index contributed by atoms with van der Waals surface area (Å²) in [5, 5.41) is 19.0. The summed E-state index contributed by atoms with van der Waals surface area (Å²) in [6.45, 7) is 0.219. The zero-order valence-electron chi connectivity index (χ0n) is 11.4. The molecule has 108 valence electrons. The second-order valence-electron chi connectivity index (χ2n) is 4.66. The van der Waals surface area contributed by atoms with Crippen molar-refractivity contribution in [3.05, 3.63) is 64.5 Å². The van der Waals surface area contributed by atoms with Gasteiger partial charge < -0.3 is 9.84 Å². The van der Waals surface area contributed by atoms with Crippen molar-refractivity contribution >= 4 is 27.4 Å². The standard InChI is InChI=1S/C17H11NO3S/c18-9-11-4-3-5-12(8-11)10-21-15-13-6-1-2-7-14(13)22-16(15)17(19)20/h1-8H,10H2,(H,19,20). The molecule has 3 aromatic rings. The van der Waals surface area contributed by atoms with Crippen LogP contribution in [-0.2, 0) is 6.61 Å². The fourth-order valence-electron chi connectivity index (χ4n) is 2.19. The average molecular weight is 309 g/mol. The van der Waals surface area contributed by atoms with Crippen molar-refractivity contribution in [1.82, 2.24) is 0 Å². The first kappa shape index (κ1) is 14.1. The van der Waals surface area contributed by atoms with Gasteiger partial charge in [0.05, 0.1) is 11.6 Å². The van der Waals surface area contributed by atoms with Crippen molar-refractivity contribution in [1.29, 1.82) is 5.26 Å². The topological polar surface area (TPSA) is 70.3 Å². The largest absolute Gasteiger partial charge is 0.486 e. The highest BCUT2D eigenvalue weighted by atomic mass is 32.1. The van der Waals surface area contributed by atoms with E-state index >= 15 is 0 Å². The summed E-state index contributed by atoms with van der Waals surface area (Å²) in [4.78, 5) is 11.6. The Morgan fingerprint density at radius 3 is 2.82 bits per heavy atom. The van der Waals surface area contributed by atoms with E-state index in [1.807, 2.05) is 30.3 Å². The number of carbonyl (C=O) groups is 1. The van der Waals surface area contributed by atoms with Gasteiger partial charge in [0.2, 0.25) is 0 Å². The second-order valence-corrected chi connectivity index (χ2v) is 5.71. The normalized spacial score (nSPS) is 10.3. The number of thiophene rings is 1. The smallest absolute Gasteiger partial charge is 0.349 e. The summed E-state index contributed by atoms with van der Waals surface area (Å²) in [5.74, 6) is -0.613. The van der Waals surface area contributed by atoms with Gasteiger partial charge >= 0.3 is 5.97 Å². The molecule has 0 amide bonds. The van der Waals surface area contributed by atoms with Crippen LogP contribution < -0.4 is 4.74 Å². The van der Waals surface area contributed by atoms with Crippen LogP contribution in [0.5, 0.6) is 5.75 Å². The first-order valence-electron chi connectivity index (χ1n) is 6.55. The molecule has 3 rings (SSSR count). The number of nitriles is 1. The summed E-state index contributed by atoms with van der Waals surface area (Å²) in [6.07, 6.45) is 0. The van der Waals surface area contributed by atoms with E-state index < -0.39 is 5.97 Å². The number of hydrogen-bond acceptors (Lipinski definition) is 4. The molecule has 0 unspecified atom stereocenters. The molecule has 1 N–H and O–H groups in total. The predicted molar refractivity (Wildman–Crippen MR) is 84.3 cm³/mol. The van der Waals surface area contributed by atoms with Crippen molar-refractivity contribution in [3.8, 4) is 11.8 Å². The van der Waals surface area contributed by atoms with Gasteiger partial charge in [0.25, 0.3) is 0 Å². The van der Waals surface area contributed by atoms with Crippen LogP contribution in [0.25, 0.3) is 10.1 Å². The molecule has 5 heteroatoms. The number of aromatic carboxylic acids is 1. The molecule has 0 aliphatic carbocycles. The lowest BCUT2D eigenvalue weighted by Crippen LogP contribution is -2.00. The SMILES string of the molecule is N#Cc1cccc(COc2c(C(=O)O)sc3ccccc23)c1. The average Bonchev–Trinajstić information content (AvgIpc) is 2.92. The van der Waals surface area contributed by atoms with Crippen LogP contribution in [-0.4, -0.2) is 11.1 Å². The number of ether oxygens (including phenoxy) is 1.